The maximum Gasteiger partial charge on any atom is 0.358 e. The Morgan fingerprint density at radius 1 is 0.696 bits per heavy atom. The Kier molecular flexibility index (Phi) is 6.87. The summed E-state index contributed by atoms with van der Waals surface area (Å²) in [4.78, 5) is 52.3. The molecule has 14 nitrogen and oxygen atoms in total. The SMILES string of the molecule is COC(=O)C12Oc3ccc(-c4ccc5c(c4O)C(O)=C4C(=O)CC(C)C(O)[C@@]4(C(=O)OC)O5)c(O)c3C(O)=C1C(=O)C[C@@H](C)C2O. The van der Waals surface area contributed by atoms with E-state index in [4.69, 9.17) is 18.9 Å². The fraction of sp³-hybridized carbons (Fsp3) is 0.375. The first-order valence-corrected chi connectivity index (χ1v) is 14.3. The third-order valence-electron chi connectivity index (χ3n) is 9.26. The van der Waals surface area contributed by atoms with Crippen LogP contribution in [-0.4, -0.2) is 91.8 Å². The highest BCUT2D eigenvalue weighted by atomic mass is 16.6. The van der Waals surface area contributed by atoms with Gasteiger partial charge in [0.15, 0.2) is 11.6 Å². The van der Waals surface area contributed by atoms with E-state index in [2.05, 4.69) is 0 Å². The number of benzene rings is 2. The van der Waals surface area contributed by atoms with Crippen molar-refractivity contribution in [3.8, 4) is 34.1 Å². The summed E-state index contributed by atoms with van der Waals surface area (Å²) in [6.07, 6.45) is -3.72. The predicted molar refractivity (Wildman–Crippen MR) is 155 cm³/mol. The molecule has 242 valence electrons. The zero-order chi connectivity index (χ0) is 33.6. The lowest BCUT2D eigenvalue weighted by molar-refractivity contribution is -0.173. The molecule has 0 bridgehead atoms. The number of rotatable bonds is 3. The molecule has 6 rings (SSSR count). The number of aliphatic hydroxyl groups is 4. The maximum atomic E-state index is 13.2. The van der Waals surface area contributed by atoms with E-state index in [-0.39, 0.29) is 35.5 Å². The minimum Gasteiger partial charge on any atom is -0.506 e. The summed E-state index contributed by atoms with van der Waals surface area (Å²) in [7, 11) is 2.04. The van der Waals surface area contributed by atoms with Crippen LogP contribution in [0, 0.1) is 11.8 Å². The smallest absolute Gasteiger partial charge is 0.358 e. The highest BCUT2D eigenvalue weighted by molar-refractivity contribution is 6.14. The Labute approximate surface area is 260 Å². The van der Waals surface area contributed by atoms with Crippen molar-refractivity contribution in [1.82, 2.24) is 0 Å². The van der Waals surface area contributed by atoms with Crippen LogP contribution in [0.25, 0.3) is 22.6 Å². The molecule has 4 aliphatic rings. The van der Waals surface area contributed by atoms with E-state index >= 15 is 0 Å². The molecule has 2 aromatic carbocycles. The number of methoxy groups -OCH3 is 2. The van der Waals surface area contributed by atoms with Crippen molar-refractivity contribution in [3.63, 3.8) is 0 Å². The number of phenolic OH excluding ortho intramolecular Hbond substituents is 2. The number of hydrogen-bond acceptors (Lipinski definition) is 14. The van der Waals surface area contributed by atoms with Gasteiger partial charge in [-0.1, -0.05) is 13.8 Å². The highest BCUT2D eigenvalue weighted by Crippen LogP contribution is 2.55. The van der Waals surface area contributed by atoms with Crippen LogP contribution in [0.5, 0.6) is 23.0 Å². The lowest BCUT2D eigenvalue weighted by atomic mass is 9.69. The minimum atomic E-state index is -2.42. The van der Waals surface area contributed by atoms with Crippen LogP contribution in [0.2, 0.25) is 0 Å². The van der Waals surface area contributed by atoms with Crippen LogP contribution < -0.4 is 9.47 Å². The van der Waals surface area contributed by atoms with Gasteiger partial charge in [0.05, 0.1) is 25.4 Å². The molecule has 6 atom stereocenters. The number of ether oxygens (including phenoxy) is 4. The van der Waals surface area contributed by atoms with Crippen molar-refractivity contribution in [1.29, 1.82) is 0 Å². The number of esters is 2. The van der Waals surface area contributed by atoms with Crippen molar-refractivity contribution in [2.75, 3.05) is 14.2 Å². The van der Waals surface area contributed by atoms with E-state index in [0.717, 1.165) is 14.2 Å². The lowest BCUT2D eigenvalue weighted by Gasteiger charge is -2.45. The van der Waals surface area contributed by atoms with Gasteiger partial charge >= 0.3 is 11.9 Å². The number of ketones is 2. The summed E-state index contributed by atoms with van der Waals surface area (Å²) in [5.41, 5.74) is -7.25. The van der Waals surface area contributed by atoms with Crippen molar-refractivity contribution < 1.29 is 68.8 Å². The van der Waals surface area contributed by atoms with E-state index in [9.17, 15) is 49.8 Å². The Hall–Kier alpha value is -5.08. The summed E-state index contributed by atoms with van der Waals surface area (Å²) in [6, 6.07) is 4.92. The molecule has 6 N–H and O–H groups in total. The first-order chi connectivity index (χ1) is 21.7. The monoisotopic (exact) mass is 638 g/mol. The number of carbonyl (C=O) groups is 4. The molecule has 14 heteroatoms. The van der Waals surface area contributed by atoms with Gasteiger partial charge in [-0.25, -0.2) is 9.59 Å². The molecule has 0 spiro atoms. The average Bonchev–Trinajstić information content (AvgIpc) is 3.01. The van der Waals surface area contributed by atoms with E-state index in [0.29, 0.717) is 0 Å². The largest absolute Gasteiger partial charge is 0.506 e. The standard InChI is InChI=1S/C32H30O14/c1-11-9-15(33)21-25(37)19-17(45-31(21,27(11)39)29(41)43-3)7-5-13(23(19)35)14-6-8-18-20(24(14)36)26(38)22-16(34)10-12(2)28(40)32(22,46-18)30(42)44-4/h5-8,11-12,27-28,35-40H,9-10H2,1-4H3/t11-,12?,27?,28?,31?,32+/m1/s1. The first kappa shape index (κ1) is 30.9. The molecule has 2 heterocycles. The highest BCUT2D eigenvalue weighted by Gasteiger charge is 2.64. The Balaban J connectivity index is 1.55. The molecule has 2 saturated carbocycles. The van der Waals surface area contributed by atoms with Crippen molar-refractivity contribution >= 4 is 35.0 Å². The van der Waals surface area contributed by atoms with E-state index < -0.39 is 104 Å². The van der Waals surface area contributed by atoms with Crippen LogP contribution in [0.15, 0.2) is 35.4 Å². The number of Topliss-reactive ketones (excluding diaryl/α,β-unsaturated/α-hetero) is 2. The van der Waals surface area contributed by atoms with Crippen molar-refractivity contribution in [3.05, 3.63) is 46.5 Å². The van der Waals surface area contributed by atoms with Crippen molar-refractivity contribution in [2.24, 2.45) is 11.8 Å². The fourth-order valence-corrected chi connectivity index (χ4v) is 7.00. The van der Waals surface area contributed by atoms with Gasteiger partial charge in [0, 0.05) is 24.0 Å². The third kappa shape index (κ3) is 3.70. The average molecular weight is 639 g/mol. The van der Waals surface area contributed by atoms with Gasteiger partial charge in [0.25, 0.3) is 11.2 Å². The Morgan fingerprint density at radius 3 is 1.37 bits per heavy atom. The van der Waals surface area contributed by atoms with Crippen LogP contribution in [0.1, 0.15) is 37.8 Å². The molecule has 0 saturated heterocycles. The number of aromatic hydroxyl groups is 2. The molecular weight excluding hydrogens is 608 g/mol. The van der Waals surface area contributed by atoms with Crippen LogP contribution in [-0.2, 0) is 28.7 Å². The van der Waals surface area contributed by atoms with E-state index in [1.54, 1.807) is 0 Å². The summed E-state index contributed by atoms with van der Waals surface area (Å²) in [5.74, 6) is -9.01. The maximum absolute atomic E-state index is 13.2. The van der Waals surface area contributed by atoms with Crippen LogP contribution in [0.4, 0.5) is 0 Å². The summed E-state index contributed by atoms with van der Waals surface area (Å²) in [6.45, 7) is 3.04. The van der Waals surface area contributed by atoms with Gasteiger partial charge in [0.2, 0.25) is 0 Å². The molecule has 0 radical (unpaired) electrons. The molecule has 0 aromatic heterocycles. The number of carbonyl (C=O) groups excluding carboxylic acids is 4. The summed E-state index contributed by atoms with van der Waals surface area (Å²) in [5, 5.41) is 67.7. The summed E-state index contributed by atoms with van der Waals surface area (Å²) < 4.78 is 21.5. The molecule has 2 aliphatic carbocycles. The van der Waals surface area contributed by atoms with Gasteiger partial charge < -0.3 is 49.6 Å². The molecule has 2 aliphatic heterocycles. The molecule has 2 aromatic rings. The second-order valence-electron chi connectivity index (χ2n) is 11.9. The van der Waals surface area contributed by atoms with Gasteiger partial charge in [-0.2, -0.15) is 0 Å². The minimum absolute atomic E-state index is 0.163. The second kappa shape index (κ2) is 10.2. The second-order valence-corrected chi connectivity index (χ2v) is 11.9. The van der Waals surface area contributed by atoms with Crippen LogP contribution in [0.3, 0.4) is 0 Å². The lowest BCUT2D eigenvalue weighted by Crippen LogP contribution is -2.64. The molecule has 4 unspecified atom stereocenters. The van der Waals surface area contributed by atoms with E-state index in [1.807, 2.05) is 0 Å². The zero-order valence-electron chi connectivity index (χ0n) is 25.0. The quantitative estimate of drug-likeness (QED) is 0.264. The fourth-order valence-electron chi connectivity index (χ4n) is 7.00. The topological polar surface area (TPSA) is 227 Å². The van der Waals surface area contributed by atoms with Crippen LogP contribution >= 0.6 is 0 Å². The van der Waals surface area contributed by atoms with Gasteiger partial charge in [-0.15, -0.1) is 0 Å². The normalized spacial score (nSPS) is 29.9. The number of fused-ring (bicyclic) bond motifs is 4. The molecule has 0 amide bonds. The Morgan fingerprint density at radius 2 is 1.04 bits per heavy atom. The first-order valence-electron chi connectivity index (χ1n) is 14.3. The van der Waals surface area contributed by atoms with E-state index in [1.165, 1.54) is 38.1 Å². The number of hydrogen-bond donors (Lipinski definition) is 6. The van der Waals surface area contributed by atoms with Crippen molar-refractivity contribution in [2.45, 2.75) is 50.1 Å². The predicted octanol–water partition coefficient (Wildman–Crippen LogP) is 1.85. The number of phenols is 2. The Bertz CT molecular complexity index is 1690. The molecular formula is C32H30O14. The van der Waals surface area contributed by atoms with Gasteiger partial charge in [-0.05, 0) is 36.1 Å². The summed E-state index contributed by atoms with van der Waals surface area (Å²) >= 11 is 0. The number of aliphatic hydroxyl groups excluding tert-OH is 4. The zero-order valence-corrected chi connectivity index (χ0v) is 25.0. The molecule has 46 heavy (non-hydrogen) atoms. The molecule has 2 fully saturated rings. The van der Waals surface area contributed by atoms with Gasteiger partial charge in [0.1, 0.15) is 57.9 Å². The van der Waals surface area contributed by atoms with Gasteiger partial charge in [-0.3, -0.25) is 9.59 Å². The third-order valence-corrected chi connectivity index (χ3v) is 9.26.